The lowest BCUT2D eigenvalue weighted by atomic mass is 10.2. The van der Waals surface area contributed by atoms with Gasteiger partial charge in [0, 0.05) is 25.6 Å². The second-order valence-corrected chi connectivity index (χ2v) is 5.82. The molecule has 1 fully saturated rings. The van der Waals surface area contributed by atoms with E-state index in [0.29, 0.717) is 30.1 Å². The van der Waals surface area contributed by atoms with Gasteiger partial charge < -0.3 is 21.7 Å². The minimum atomic E-state index is -0.193. The number of aromatic nitrogens is 1. The lowest BCUT2D eigenvalue weighted by molar-refractivity contribution is -0.120. The number of nitrogens with zero attached hydrogens (tertiary/aromatic N) is 1. The highest BCUT2D eigenvalue weighted by Crippen LogP contribution is 2.28. The standard InChI is InChI=1S/C13H21N5O2S/c1-2-6-15-9(19)5-7-16-13-10(11(14)18-21-13)12(20)17-8-3-4-8/h8,16H,2-7H2,1H3,(H2,14,18)(H,15,19)(H,17,20). The lowest BCUT2D eigenvalue weighted by Crippen LogP contribution is -2.27. The molecule has 1 aromatic heterocycles. The molecule has 0 unspecified atom stereocenters. The van der Waals surface area contributed by atoms with Crippen LogP contribution in [0, 0.1) is 0 Å². The zero-order valence-electron chi connectivity index (χ0n) is 12.1. The molecule has 0 aliphatic heterocycles. The van der Waals surface area contributed by atoms with Gasteiger partial charge in [-0.2, -0.15) is 4.37 Å². The fourth-order valence-electron chi connectivity index (χ4n) is 1.77. The molecule has 0 saturated heterocycles. The van der Waals surface area contributed by atoms with Crippen molar-refractivity contribution < 1.29 is 9.59 Å². The first-order valence-corrected chi connectivity index (χ1v) is 7.95. The molecule has 0 spiro atoms. The van der Waals surface area contributed by atoms with E-state index in [1.54, 1.807) is 0 Å². The van der Waals surface area contributed by atoms with Crippen LogP contribution in [0.1, 0.15) is 43.0 Å². The molecule has 7 nitrogen and oxygen atoms in total. The summed E-state index contributed by atoms with van der Waals surface area (Å²) < 4.78 is 4.01. The van der Waals surface area contributed by atoms with Gasteiger partial charge in [-0.3, -0.25) is 9.59 Å². The summed E-state index contributed by atoms with van der Waals surface area (Å²) in [6, 6.07) is 0.268. The molecule has 1 heterocycles. The monoisotopic (exact) mass is 311 g/mol. The van der Waals surface area contributed by atoms with E-state index < -0.39 is 0 Å². The van der Waals surface area contributed by atoms with Gasteiger partial charge >= 0.3 is 0 Å². The summed E-state index contributed by atoms with van der Waals surface area (Å²) in [6.07, 6.45) is 3.30. The third-order valence-corrected chi connectivity index (χ3v) is 3.89. The number of nitrogens with one attached hydrogen (secondary N) is 3. The fraction of sp³-hybridized carbons (Fsp3) is 0.615. The third kappa shape index (κ3) is 4.59. The number of hydrogen-bond acceptors (Lipinski definition) is 6. The van der Waals surface area contributed by atoms with E-state index in [1.807, 2.05) is 6.92 Å². The summed E-state index contributed by atoms with van der Waals surface area (Å²) in [5.41, 5.74) is 6.14. The van der Waals surface area contributed by atoms with Crippen molar-refractivity contribution in [2.75, 3.05) is 24.1 Å². The van der Waals surface area contributed by atoms with Crippen LogP contribution in [0.5, 0.6) is 0 Å². The summed E-state index contributed by atoms with van der Waals surface area (Å²) >= 11 is 1.14. The van der Waals surface area contributed by atoms with Crippen LogP contribution < -0.4 is 21.7 Å². The van der Waals surface area contributed by atoms with E-state index in [1.165, 1.54) is 0 Å². The van der Waals surface area contributed by atoms with E-state index in [4.69, 9.17) is 5.73 Å². The van der Waals surface area contributed by atoms with Gasteiger partial charge in [0.2, 0.25) is 5.91 Å². The van der Waals surface area contributed by atoms with Crippen molar-refractivity contribution in [2.24, 2.45) is 0 Å². The molecule has 0 bridgehead atoms. The van der Waals surface area contributed by atoms with Crippen LogP contribution in [0.15, 0.2) is 0 Å². The van der Waals surface area contributed by atoms with Gasteiger partial charge in [0.25, 0.3) is 5.91 Å². The molecule has 1 saturated carbocycles. The highest BCUT2D eigenvalue weighted by Gasteiger charge is 2.27. The van der Waals surface area contributed by atoms with Gasteiger partial charge in [0.15, 0.2) is 5.82 Å². The molecule has 1 aromatic rings. The largest absolute Gasteiger partial charge is 0.382 e. The highest BCUT2D eigenvalue weighted by atomic mass is 32.1. The molecule has 2 rings (SSSR count). The smallest absolute Gasteiger partial charge is 0.258 e. The second kappa shape index (κ2) is 7.26. The minimum Gasteiger partial charge on any atom is -0.382 e. The van der Waals surface area contributed by atoms with Crippen molar-refractivity contribution in [3.8, 4) is 0 Å². The maximum Gasteiger partial charge on any atom is 0.258 e. The van der Waals surface area contributed by atoms with Crippen molar-refractivity contribution >= 4 is 34.2 Å². The number of amides is 2. The average Bonchev–Trinajstić information content (AvgIpc) is 3.18. The summed E-state index contributed by atoms with van der Waals surface area (Å²) in [5.74, 6) is 0.0311. The first-order chi connectivity index (χ1) is 10.1. The maximum absolute atomic E-state index is 12.1. The second-order valence-electron chi connectivity index (χ2n) is 5.05. The molecule has 0 aromatic carbocycles. The Morgan fingerprint density at radius 1 is 1.38 bits per heavy atom. The predicted octanol–water partition coefficient (Wildman–Crippen LogP) is 0.946. The molecule has 1 aliphatic carbocycles. The Morgan fingerprint density at radius 3 is 2.81 bits per heavy atom. The Balaban J connectivity index is 1.85. The van der Waals surface area contributed by atoms with Gasteiger partial charge in [0.1, 0.15) is 10.6 Å². The Kier molecular flexibility index (Phi) is 5.38. The van der Waals surface area contributed by atoms with Crippen molar-refractivity contribution in [3.05, 3.63) is 5.56 Å². The van der Waals surface area contributed by atoms with E-state index in [-0.39, 0.29) is 23.7 Å². The topological polar surface area (TPSA) is 109 Å². The third-order valence-electron chi connectivity index (χ3n) is 3.07. The van der Waals surface area contributed by atoms with E-state index in [2.05, 4.69) is 20.3 Å². The van der Waals surface area contributed by atoms with Gasteiger partial charge in [-0.1, -0.05) is 6.92 Å². The number of carbonyl (C=O) groups is 2. The number of carbonyl (C=O) groups excluding carboxylic acids is 2. The number of nitrogens with two attached hydrogens (primary N) is 1. The normalized spacial score (nSPS) is 13.8. The molecule has 5 N–H and O–H groups in total. The molecule has 1 aliphatic rings. The first kappa shape index (κ1) is 15.6. The zero-order chi connectivity index (χ0) is 15.2. The van der Waals surface area contributed by atoms with Gasteiger partial charge in [-0.05, 0) is 30.8 Å². The number of rotatable bonds is 8. The maximum atomic E-state index is 12.1. The molecular weight excluding hydrogens is 290 g/mol. The van der Waals surface area contributed by atoms with Gasteiger partial charge in [-0.25, -0.2) is 0 Å². The zero-order valence-corrected chi connectivity index (χ0v) is 12.9. The summed E-state index contributed by atoms with van der Waals surface area (Å²) in [5, 5.41) is 9.38. The first-order valence-electron chi connectivity index (χ1n) is 7.18. The van der Waals surface area contributed by atoms with E-state index in [0.717, 1.165) is 30.8 Å². The number of anilines is 2. The summed E-state index contributed by atoms with van der Waals surface area (Å²) in [4.78, 5) is 23.6. The summed E-state index contributed by atoms with van der Waals surface area (Å²) in [6.45, 7) is 3.13. The van der Waals surface area contributed by atoms with Crippen molar-refractivity contribution in [1.82, 2.24) is 15.0 Å². The van der Waals surface area contributed by atoms with Crippen LogP contribution >= 0.6 is 11.5 Å². The SMILES string of the molecule is CCCNC(=O)CCNc1snc(N)c1C(=O)NC1CC1. The Morgan fingerprint density at radius 2 is 2.14 bits per heavy atom. The highest BCUT2D eigenvalue weighted by molar-refractivity contribution is 7.11. The van der Waals surface area contributed by atoms with Crippen molar-refractivity contribution in [2.45, 2.75) is 38.6 Å². The van der Waals surface area contributed by atoms with Gasteiger partial charge in [-0.15, -0.1) is 0 Å². The fourth-order valence-corrected chi connectivity index (χ4v) is 2.51. The Labute approximate surface area is 127 Å². The van der Waals surface area contributed by atoms with Crippen molar-refractivity contribution in [1.29, 1.82) is 0 Å². The van der Waals surface area contributed by atoms with Crippen LogP contribution in [0.2, 0.25) is 0 Å². The molecular formula is C13H21N5O2S. The Bertz CT molecular complexity index is 513. The van der Waals surface area contributed by atoms with Crippen LogP contribution in [0.3, 0.4) is 0 Å². The van der Waals surface area contributed by atoms with E-state index >= 15 is 0 Å². The Hall–Kier alpha value is -1.83. The van der Waals surface area contributed by atoms with Crippen molar-refractivity contribution in [3.63, 3.8) is 0 Å². The molecule has 0 radical (unpaired) electrons. The molecule has 116 valence electrons. The van der Waals surface area contributed by atoms with Crippen LogP contribution in [-0.4, -0.2) is 35.3 Å². The lowest BCUT2D eigenvalue weighted by Gasteiger charge is -2.08. The van der Waals surface area contributed by atoms with Crippen LogP contribution in [0.4, 0.5) is 10.8 Å². The molecule has 8 heteroatoms. The average molecular weight is 311 g/mol. The quantitative estimate of drug-likeness (QED) is 0.571. The van der Waals surface area contributed by atoms with Crippen LogP contribution in [0.25, 0.3) is 0 Å². The number of hydrogen-bond donors (Lipinski definition) is 4. The van der Waals surface area contributed by atoms with Crippen LogP contribution in [-0.2, 0) is 4.79 Å². The molecule has 21 heavy (non-hydrogen) atoms. The predicted molar refractivity (Wildman–Crippen MR) is 83.4 cm³/mol. The summed E-state index contributed by atoms with van der Waals surface area (Å²) in [7, 11) is 0. The van der Waals surface area contributed by atoms with Gasteiger partial charge in [0.05, 0.1) is 0 Å². The molecule has 0 atom stereocenters. The number of nitrogen functional groups attached to an aromatic ring is 1. The molecule has 2 amide bonds. The minimum absolute atomic E-state index is 0.00850. The van der Waals surface area contributed by atoms with E-state index in [9.17, 15) is 9.59 Å².